The lowest BCUT2D eigenvalue weighted by atomic mass is 9.95. The average molecular weight is 402 g/mol. The zero-order chi connectivity index (χ0) is 18.6. The molecule has 1 N–H and O–H groups in total. The molecule has 2 aliphatic rings. The van der Waals surface area contributed by atoms with Gasteiger partial charge in [0.2, 0.25) is 5.95 Å². The summed E-state index contributed by atoms with van der Waals surface area (Å²) in [5.74, 6) is -2.82. The quantitative estimate of drug-likeness (QED) is 0.533. The smallest absolute Gasteiger partial charge is 0.314 e. The molecule has 0 aliphatic carbocycles. The summed E-state index contributed by atoms with van der Waals surface area (Å²) in [4.78, 5) is 17.7. The molecule has 3 heterocycles. The van der Waals surface area contributed by atoms with E-state index in [1.54, 1.807) is 0 Å². The van der Waals surface area contributed by atoms with Crippen LogP contribution in [-0.4, -0.2) is 22.0 Å². The number of hydrogen-bond acceptors (Lipinski definition) is 2. The van der Waals surface area contributed by atoms with Crippen LogP contribution < -0.4 is 5.32 Å². The Morgan fingerprint density at radius 3 is 2.69 bits per heavy atom. The maximum absolute atomic E-state index is 14.0. The molecular formula is C17H12Cl2F3N3O. The van der Waals surface area contributed by atoms with Crippen LogP contribution in [0.25, 0.3) is 0 Å². The number of halogens is 5. The summed E-state index contributed by atoms with van der Waals surface area (Å²) in [7, 11) is 0. The molecule has 1 fully saturated rings. The molecule has 2 aliphatic heterocycles. The van der Waals surface area contributed by atoms with Crippen molar-refractivity contribution in [3.05, 3.63) is 57.1 Å². The van der Waals surface area contributed by atoms with Gasteiger partial charge in [-0.25, -0.2) is 18.6 Å². The number of hydrogen-bond donors (Lipinski definition) is 1. The minimum atomic E-state index is -1.14. The molecule has 1 aromatic carbocycles. The molecule has 4 nitrogen and oxygen atoms in total. The van der Waals surface area contributed by atoms with Gasteiger partial charge < -0.3 is 10.2 Å². The van der Waals surface area contributed by atoms with E-state index in [-0.39, 0.29) is 33.8 Å². The molecule has 2 bridgehead atoms. The first-order valence-electron chi connectivity index (χ1n) is 7.93. The van der Waals surface area contributed by atoms with Gasteiger partial charge in [-0.3, -0.25) is 0 Å². The molecule has 0 saturated carbocycles. The Kier molecular flexibility index (Phi) is 4.23. The number of urea groups is 1. The first-order valence-corrected chi connectivity index (χ1v) is 8.69. The summed E-state index contributed by atoms with van der Waals surface area (Å²) in [6.45, 7) is 0. The third kappa shape index (κ3) is 2.70. The Labute approximate surface area is 156 Å². The van der Waals surface area contributed by atoms with E-state index >= 15 is 0 Å². The summed E-state index contributed by atoms with van der Waals surface area (Å²) in [6.07, 6.45) is 2.69. The van der Waals surface area contributed by atoms with Gasteiger partial charge in [0, 0.05) is 17.8 Å². The Bertz CT molecular complexity index is 925. The van der Waals surface area contributed by atoms with Gasteiger partial charge in [0.05, 0.1) is 21.8 Å². The number of carbonyl (C=O) groups is 1. The first kappa shape index (κ1) is 17.4. The molecule has 9 heteroatoms. The van der Waals surface area contributed by atoms with Gasteiger partial charge in [0.25, 0.3) is 0 Å². The summed E-state index contributed by atoms with van der Waals surface area (Å²) in [5.41, 5.74) is 0.648. The maximum Gasteiger partial charge on any atom is 0.322 e. The highest BCUT2D eigenvalue weighted by molar-refractivity contribution is 6.42. The van der Waals surface area contributed by atoms with Gasteiger partial charge in [0.1, 0.15) is 5.82 Å². The largest absolute Gasteiger partial charge is 0.322 e. The fourth-order valence-corrected chi connectivity index (χ4v) is 4.05. The molecule has 0 radical (unpaired) electrons. The zero-order valence-corrected chi connectivity index (χ0v) is 14.7. The molecule has 2 amide bonds. The van der Waals surface area contributed by atoms with Crippen LogP contribution in [0.1, 0.15) is 30.0 Å². The number of nitrogens with one attached hydrogen (secondary N) is 1. The molecule has 2 aromatic rings. The number of benzene rings is 1. The normalized spacial score (nSPS) is 20.9. The highest BCUT2D eigenvalue weighted by Gasteiger charge is 2.44. The summed E-state index contributed by atoms with van der Waals surface area (Å²) in [6, 6.07) is 0.979. The van der Waals surface area contributed by atoms with Crippen molar-refractivity contribution in [3.63, 3.8) is 0 Å². The van der Waals surface area contributed by atoms with Crippen LogP contribution in [0.15, 0.2) is 18.3 Å². The monoisotopic (exact) mass is 401 g/mol. The van der Waals surface area contributed by atoms with Gasteiger partial charge in [-0.15, -0.1) is 0 Å². The van der Waals surface area contributed by atoms with E-state index < -0.39 is 29.7 Å². The van der Waals surface area contributed by atoms with E-state index in [2.05, 4.69) is 10.3 Å². The molecule has 2 atom stereocenters. The van der Waals surface area contributed by atoms with E-state index in [1.807, 2.05) is 0 Å². The van der Waals surface area contributed by atoms with Crippen LogP contribution in [0.5, 0.6) is 0 Å². The van der Waals surface area contributed by atoms with Crippen LogP contribution in [0.2, 0.25) is 10.0 Å². The van der Waals surface area contributed by atoms with Crippen molar-refractivity contribution in [1.82, 2.24) is 9.88 Å². The molecule has 1 saturated heterocycles. The van der Waals surface area contributed by atoms with Gasteiger partial charge >= 0.3 is 6.03 Å². The number of rotatable bonds is 1. The Hall–Kier alpha value is -1.99. The number of amides is 2. The second-order valence-corrected chi connectivity index (χ2v) is 7.15. The van der Waals surface area contributed by atoms with Crippen molar-refractivity contribution < 1.29 is 18.0 Å². The predicted molar refractivity (Wildman–Crippen MR) is 90.9 cm³/mol. The average Bonchev–Trinajstić information content (AvgIpc) is 2.91. The van der Waals surface area contributed by atoms with Crippen LogP contribution in [0, 0.1) is 17.6 Å². The Balaban J connectivity index is 1.64. The molecular weight excluding hydrogens is 390 g/mol. The summed E-state index contributed by atoms with van der Waals surface area (Å²) < 4.78 is 41.5. The van der Waals surface area contributed by atoms with Crippen LogP contribution in [0.4, 0.5) is 23.7 Å². The number of fused-ring (bicyclic) bond motifs is 4. The minimum absolute atomic E-state index is 0.0395. The van der Waals surface area contributed by atoms with Crippen molar-refractivity contribution in [1.29, 1.82) is 0 Å². The van der Waals surface area contributed by atoms with Gasteiger partial charge in [-0.2, -0.15) is 4.39 Å². The second kappa shape index (κ2) is 6.32. The summed E-state index contributed by atoms with van der Waals surface area (Å²) in [5, 5.41) is 2.63. The third-order valence-corrected chi connectivity index (χ3v) is 5.62. The van der Waals surface area contributed by atoms with Crippen molar-refractivity contribution >= 4 is 34.9 Å². The lowest BCUT2D eigenvalue weighted by Gasteiger charge is -2.36. The SMILES string of the molecule is O=C(Nc1cc(Cl)c(Cl)cc1F)N1[C@H]2CC[C@@H]1c1cnc(F)c(F)c1C2. The minimum Gasteiger partial charge on any atom is -0.314 e. The van der Waals surface area contributed by atoms with Crippen LogP contribution >= 0.6 is 23.2 Å². The van der Waals surface area contributed by atoms with Crippen molar-refractivity contribution in [2.24, 2.45) is 0 Å². The lowest BCUT2D eigenvalue weighted by Crippen LogP contribution is -2.44. The molecule has 0 unspecified atom stereocenters. The van der Waals surface area contributed by atoms with Crippen molar-refractivity contribution in [2.45, 2.75) is 31.3 Å². The fourth-order valence-electron chi connectivity index (χ4n) is 3.74. The fraction of sp³-hybridized carbons (Fsp3) is 0.294. The standard InChI is InChI=1S/C17H12Cl2F3N3O/c18-10-4-12(20)13(5-11(10)19)24-17(26)25-7-1-2-14(25)9-6-23-16(22)15(21)8(9)3-7/h4-7,14H,1-3H2,(H,24,26)/t7-,14+/m0/s1. The number of anilines is 1. The third-order valence-electron chi connectivity index (χ3n) is 4.90. The lowest BCUT2D eigenvalue weighted by molar-refractivity contribution is 0.177. The number of pyridine rings is 1. The van der Waals surface area contributed by atoms with Crippen LogP contribution in [0.3, 0.4) is 0 Å². The van der Waals surface area contributed by atoms with E-state index in [1.165, 1.54) is 17.2 Å². The number of nitrogens with zero attached hydrogens (tertiary/aromatic N) is 2. The van der Waals surface area contributed by atoms with Gasteiger partial charge in [-0.05, 0) is 37.0 Å². The highest BCUT2D eigenvalue weighted by atomic mass is 35.5. The van der Waals surface area contributed by atoms with E-state index in [9.17, 15) is 18.0 Å². The van der Waals surface area contributed by atoms with Crippen LogP contribution in [-0.2, 0) is 6.42 Å². The second-order valence-electron chi connectivity index (χ2n) is 6.33. The van der Waals surface area contributed by atoms with E-state index in [4.69, 9.17) is 23.2 Å². The number of carbonyl (C=O) groups excluding carboxylic acids is 1. The van der Waals surface area contributed by atoms with E-state index in [0.29, 0.717) is 18.4 Å². The molecule has 4 rings (SSSR count). The highest BCUT2D eigenvalue weighted by Crippen LogP contribution is 2.44. The van der Waals surface area contributed by atoms with Gasteiger partial charge in [-0.1, -0.05) is 23.2 Å². The molecule has 0 spiro atoms. The molecule has 26 heavy (non-hydrogen) atoms. The Morgan fingerprint density at radius 1 is 1.19 bits per heavy atom. The van der Waals surface area contributed by atoms with E-state index in [0.717, 1.165) is 6.07 Å². The summed E-state index contributed by atoms with van der Waals surface area (Å²) >= 11 is 11.6. The van der Waals surface area contributed by atoms with Gasteiger partial charge in [0.15, 0.2) is 5.82 Å². The molecule has 136 valence electrons. The van der Waals surface area contributed by atoms with Crippen molar-refractivity contribution in [2.75, 3.05) is 5.32 Å². The molecule has 1 aromatic heterocycles. The maximum atomic E-state index is 14.0. The number of aromatic nitrogens is 1. The van der Waals surface area contributed by atoms with Crippen molar-refractivity contribution in [3.8, 4) is 0 Å². The predicted octanol–water partition coefficient (Wildman–Crippen LogP) is 5.10. The topological polar surface area (TPSA) is 45.2 Å². The Morgan fingerprint density at radius 2 is 1.92 bits per heavy atom. The zero-order valence-electron chi connectivity index (χ0n) is 13.2. The first-order chi connectivity index (χ1) is 12.4.